The van der Waals surface area contributed by atoms with E-state index in [1.807, 2.05) is 45.0 Å². The van der Waals surface area contributed by atoms with Crippen LogP contribution in [-0.4, -0.2) is 40.2 Å². The monoisotopic (exact) mass is 451 g/mol. The number of nitriles is 1. The SMILES string of the molecule is Cc1cc(C)cc(CC(=O)N2CCC2(C)C(=O)N(CCCC#N)Cc2ccc(Cl)cc2)c1. The second-order valence-corrected chi connectivity index (χ2v) is 9.29. The van der Waals surface area contributed by atoms with Crippen molar-refractivity contribution in [2.45, 2.75) is 58.5 Å². The Morgan fingerprint density at radius 3 is 2.34 bits per heavy atom. The van der Waals surface area contributed by atoms with E-state index in [0.717, 1.165) is 22.3 Å². The topological polar surface area (TPSA) is 64.4 Å². The van der Waals surface area contributed by atoms with Gasteiger partial charge in [0.1, 0.15) is 5.54 Å². The lowest BCUT2D eigenvalue weighted by Gasteiger charge is -2.51. The van der Waals surface area contributed by atoms with Gasteiger partial charge in [0.05, 0.1) is 12.5 Å². The van der Waals surface area contributed by atoms with Crippen molar-refractivity contribution in [1.29, 1.82) is 5.26 Å². The largest absolute Gasteiger partial charge is 0.336 e. The molecular weight excluding hydrogens is 422 g/mol. The van der Waals surface area contributed by atoms with Crippen molar-refractivity contribution in [2.24, 2.45) is 0 Å². The number of rotatable bonds is 8. The zero-order valence-electron chi connectivity index (χ0n) is 19.0. The number of benzene rings is 2. The molecule has 1 saturated heterocycles. The Kier molecular flexibility index (Phi) is 7.58. The molecule has 2 aromatic rings. The summed E-state index contributed by atoms with van der Waals surface area (Å²) in [5.74, 6) is -0.0917. The highest BCUT2D eigenvalue weighted by molar-refractivity contribution is 6.30. The summed E-state index contributed by atoms with van der Waals surface area (Å²) in [6.07, 6.45) is 1.91. The molecule has 0 aromatic heterocycles. The zero-order chi connectivity index (χ0) is 23.3. The van der Waals surface area contributed by atoms with Gasteiger partial charge in [0, 0.05) is 31.1 Å². The van der Waals surface area contributed by atoms with Gasteiger partial charge in [-0.25, -0.2) is 0 Å². The van der Waals surface area contributed by atoms with E-state index in [1.165, 1.54) is 0 Å². The molecular formula is C26H30ClN3O2. The fourth-order valence-corrected chi connectivity index (χ4v) is 4.50. The zero-order valence-corrected chi connectivity index (χ0v) is 19.8. The van der Waals surface area contributed by atoms with E-state index >= 15 is 0 Å². The number of unbranched alkanes of at least 4 members (excludes halogenated alkanes) is 1. The van der Waals surface area contributed by atoms with Crippen molar-refractivity contribution >= 4 is 23.4 Å². The lowest BCUT2D eigenvalue weighted by atomic mass is 9.84. The van der Waals surface area contributed by atoms with Crippen LogP contribution >= 0.6 is 11.6 Å². The highest BCUT2D eigenvalue weighted by Gasteiger charge is 2.50. The molecule has 0 radical (unpaired) electrons. The molecule has 1 unspecified atom stereocenters. The fraction of sp³-hybridized carbons (Fsp3) is 0.423. The van der Waals surface area contributed by atoms with Crippen molar-refractivity contribution in [2.75, 3.05) is 13.1 Å². The number of hydrogen-bond donors (Lipinski definition) is 0. The summed E-state index contributed by atoms with van der Waals surface area (Å²) >= 11 is 6.00. The van der Waals surface area contributed by atoms with E-state index in [0.29, 0.717) is 43.9 Å². The maximum absolute atomic E-state index is 13.6. The van der Waals surface area contributed by atoms with Crippen molar-refractivity contribution in [1.82, 2.24) is 9.80 Å². The number of halogens is 1. The van der Waals surface area contributed by atoms with Crippen molar-refractivity contribution < 1.29 is 9.59 Å². The molecule has 2 aromatic carbocycles. The van der Waals surface area contributed by atoms with Crippen LogP contribution in [0.1, 0.15) is 48.4 Å². The second kappa shape index (κ2) is 10.2. The minimum absolute atomic E-state index is 0.0273. The summed E-state index contributed by atoms with van der Waals surface area (Å²) in [6, 6.07) is 15.7. The molecule has 0 N–H and O–H groups in total. The van der Waals surface area contributed by atoms with E-state index in [4.69, 9.17) is 16.9 Å². The molecule has 1 atom stereocenters. The number of amides is 2. The van der Waals surface area contributed by atoms with Crippen LogP contribution in [0.15, 0.2) is 42.5 Å². The molecule has 6 heteroatoms. The number of carbonyl (C=O) groups excluding carboxylic acids is 2. The van der Waals surface area contributed by atoms with Gasteiger partial charge in [-0.2, -0.15) is 5.26 Å². The van der Waals surface area contributed by atoms with E-state index in [-0.39, 0.29) is 18.2 Å². The van der Waals surface area contributed by atoms with Crippen LogP contribution in [0.4, 0.5) is 0 Å². The van der Waals surface area contributed by atoms with Crippen LogP contribution in [0.5, 0.6) is 0 Å². The third-order valence-corrected chi connectivity index (χ3v) is 6.36. The third kappa shape index (κ3) is 5.49. The molecule has 1 aliphatic rings. The van der Waals surface area contributed by atoms with Gasteiger partial charge in [0.15, 0.2) is 0 Å². The molecule has 32 heavy (non-hydrogen) atoms. The highest BCUT2D eigenvalue weighted by Crippen LogP contribution is 2.34. The van der Waals surface area contributed by atoms with Gasteiger partial charge in [-0.15, -0.1) is 0 Å². The Morgan fingerprint density at radius 1 is 1.12 bits per heavy atom. The highest BCUT2D eigenvalue weighted by atomic mass is 35.5. The lowest BCUT2D eigenvalue weighted by molar-refractivity contribution is -0.164. The van der Waals surface area contributed by atoms with Gasteiger partial charge >= 0.3 is 0 Å². The van der Waals surface area contributed by atoms with E-state index < -0.39 is 5.54 Å². The Morgan fingerprint density at radius 2 is 1.78 bits per heavy atom. The Labute approximate surface area is 195 Å². The minimum atomic E-state index is -0.852. The van der Waals surface area contributed by atoms with Gasteiger partial charge in [-0.3, -0.25) is 9.59 Å². The van der Waals surface area contributed by atoms with Crippen LogP contribution in [0.3, 0.4) is 0 Å². The summed E-state index contributed by atoms with van der Waals surface area (Å²) in [5, 5.41) is 9.57. The Balaban J connectivity index is 1.75. The molecule has 0 saturated carbocycles. The molecule has 1 aliphatic heterocycles. The number of nitrogens with zero attached hydrogens (tertiary/aromatic N) is 3. The fourth-order valence-electron chi connectivity index (χ4n) is 4.37. The summed E-state index contributed by atoms with van der Waals surface area (Å²) < 4.78 is 0. The first-order chi connectivity index (χ1) is 15.2. The smallest absolute Gasteiger partial charge is 0.248 e. The molecule has 2 amide bonds. The van der Waals surface area contributed by atoms with Crippen molar-refractivity contribution in [3.8, 4) is 6.07 Å². The van der Waals surface area contributed by atoms with Crippen molar-refractivity contribution in [3.05, 3.63) is 69.7 Å². The van der Waals surface area contributed by atoms with E-state index in [2.05, 4.69) is 12.1 Å². The van der Waals surface area contributed by atoms with Gasteiger partial charge < -0.3 is 9.80 Å². The molecule has 0 spiro atoms. The average Bonchev–Trinajstić information content (AvgIpc) is 2.72. The van der Waals surface area contributed by atoms with Gasteiger partial charge in [0.25, 0.3) is 0 Å². The summed E-state index contributed by atoms with van der Waals surface area (Å²) in [7, 11) is 0. The first-order valence-corrected chi connectivity index (χ1v) is 11.4. The first-order valence-electron chi connectivity index (χ1n) is 11.0. The van der Waals surface area contributed by atoms with Gasteiger partial charge in [-0.1, -0.05) is 53.1 Å². The third-order valence-electron chi connectivity index (χ3n) is 6.11. The Hall–Kier alpha value is -2.84. The first kappa shape index (κ1) is 23.8. The summed E-state index contributed by atoms with van der Waals surface area (Å²) in [5.41, 5.74) is 3.34. The van der Waals surface area contributed by atoms with Gasteiger partial charge in [0.2, 0.25) is 11.8 Å². The van der Waals surface area contributed by atoms with Crippen LogP contribution in [0.2, 0.25) is 5.02 Å². The standard InChI is InChI=1S/C26H30ClN3O2/c1-19-14-20(2)16-22(15-19)17-24(31)30-13-10-26(30,3)25(32)29(12-5-4-11-28)18-21-6-8-23(27)9-7-21/h6-9,14-16H,4-5,10,12-13,17-18H2,1-3H3. The predicted molar refractivity (Wildman–Crippen MR) is 126 cm³/mol. The molecule has 1 heterocycles. The van der Waals surface area contributed by atoms with Crippen LogP contribution in [-0.2, 0) is 22.6 Å². The minimum Gasteiger partial charge on any atom is -0.336 e. The predicted octanol–water partition coefficient (Wildman–Crippen LogP) is 4.82. The number of carbonyl (C=O) groups is 2. The summed E-state index contributed by atoms with van der Waals surface area (Å²) in [6.45, 7) is 7.39. The Bertz CT molecular complexity index is 1010. The van der Waals surface area contributed by atoms with Gasteiger partial charge in [-0.05, 0) is 56.9 Å². The number of hydrogen-bond acceptors (Lipinski definition) is 3. The van der Waals surface area contributed by atoms with Crippen LogP contribution in [0.25, 0.3) is 0 Å². The number of aryl methyl sites for hydroxylation is 2. The molecule has 168 valence electrons. The molecule has 1 fully saturated rings. The van der Waals surface area contributed by atoms with E-state index in [9.17, 15) is 9.59 Å². The number of likely N-dealkylation sites (tertiary alicyclic amines) is 1. The maximum Gasteiger partial charge on any atom is 0.248 e. The molecule has 0 bridgehead atoms. The average molecular weight is 452 g/mol. The van der Waals surface area contributed by atoms with Crippen LogP contribution < -0.4 is 0 Å². The maximum atomic E-state index is 13.6. The normalized spacial score (nSPS) is 17.4. The van der Waals surface area contributed by atoms with Crippen molar-refractivity contribution in [3.63, 3.8) is 0 Å². The molecule has 5 nitrogen and oxygen atoms in total. The van der Waals surface area contributed by atoms with E-state index in [1.54, 1.807) is 21.9 Å². The lowest BCUT2D eigenvalue weighted by Crippen LogP contribution is -2.68. The summed E-state index contributed by atoms with van der Waals surface area (Å²) in [4.78, 5) is 30.2. The molecule has 3 rings (SSSR count). The molecule has 0 aliphatic carbocycles. The quantitative estimate of drug-likeness (QED) is 0.540. The second-order valence-electron chi connectivity index (χ2n) is 8.86. The van der Waals surface area contributed by atoms with Crippen LogP contribution in [0, 0.1) is 25.2 Å².